The molecule has 4 N–H and O–H groups in total. The largest absolute Gasteiger partial charge is 0.402 e. The van der Waals surface area contributed by atoms with Crippen LogP contribution in [0.3, 0.4) is 0 Å². The third kappa shape index (κ3) is 5.03. The minimum Gasteiger partial charge on any atom is -0.402 e. The van der Waals surface area contributed by atoms with Crippen LogP contribution in [0, 0.1) is 0 Å². The van der Waals surface area contributed by atoms with Crippen molar-refractivity contribution in [2.24, 2.45) is 11.5 Å². The van der Waals surface area contributed by atoms with Crippen LogP contribution in [-0.4, -0.2) is 4.99 Å². The lowest BCUT2D eigenvalue weighted by Crippen LogP contribution is -2.07. The topological polar surface area (TPSA) is 52.0 Å². The van der Waals surface area contributed by atoms with Gasteiger partial charge in [0.1, 0.15) is 0 Å². The van der Waals surface area contributed by atoms with E-state index in [0.29, 0.717) is 17.1 Å². The van der Waals surface area contributed by atoms with Gasteiger partial charge in [0.2, 0.25) is 0 Å². The van der Waals surface area contributed by atoms with Crippen molar-refractivity contribution < 1.29 is 0 Å². The van der Waals surface area contributed by atoms with Crippen molar-refractivity contribution in [1.82, 2.24) is 0 Å². The first-order chi connectivity index (χ1) is 4.16. The van der Waals surface area contributed by atoms with E-state index in [9.17, 15) is 0 Å². The van der Waals surface area contributed by atoms with Crippen molar-refractivity contribution in [2.75, 3.05) is 0 Å². The second kappa shape index (κ2) is 4.09. The molecular formula is C6H10N2S. The zero-order valence-corrected chi connectivity index (χ0v) is 5.95. The molecule has 0 aliphatic rings. The van der Waals surface area contributed by atoms with Crippen LogP contribution >= 0.6 is 12.2 Å². The molecule has 0 rings (SSSR count). The second-order valence-electron chi connectivity index (χ2n) is 1.61. The number of nitrogens with two attached hydrogens (primary N) is 2. The van der Waals surface area contributed by atoms with Gasteiger partial charge in [-0.1, -0.05) is 18.3 Å². The fourth-order valence-electron chi connectivity index (χ4n) is 0.408. The van der Waals surface area contributed by atoms with E-state index in [2.05, 4.69) is 18.8 Å². The standard InChI is InChI=1S/C6H10N2S/c1-2-3-5(7)4-6(8)9/h2,4H,1,3,7H2,(H2,8,9). The number of thiocarbonyl (C=S) groups is 1. The van der Waals surface area contributed by atoms with Crippen LogP contribution < -0.4 is 11.5 Å². The normalized spacial score (nSPS) is 10.9. The van der Waals surface area contributed by atoms with Gasteiger partial charge in [-0.05, 0) is 6.08 Å². The van der Waals surface area contributed by atoms with Crippen LogP contribution in [0.1, 0.15) is 6.42 Å². The maximum Gasteiger partial charge on any atom is 0.0979 e. The summed E-state index contributed by atoms with van der Waals surface area (Å²) in [6, 6.07) is 0. The molecule has 0 aliphatic heterocycles. The van der Waals surface area contributed by atoms with Gasteiger partial charge in [0, 0.05) is 12.1 Å². The summed E-state index contributed by atoms with van der Waals surface area (Å²) in [6.07, 6.45) is 3.89. The average molecular weight is 142 g/mol. The van der Waals surface area contributed by atoms with Gasteiger partial charge in [-0.15, -0.1) is 6.58 Å². The van der Waals surface area contributed by atoms with E-state index >= 15 is 0 Å². The summed E-state index contributed by atoms with van der Waals surface area (Å²) in [5, 5.41) is 0. The number of allylic oxidation sites excluding steroid dienone is 1. The monoisotopic (exact) mass is 142 g/mol. The lowest BCUT2D eigenvalue weighted by atomic mass is 10.3. The minimum atomic E-state index is 0.314. The SMILES string of the molecule is C=CCC(N)=CC(N)=S. The summed E-state index contributed by atoms with van der Waals surface area (Å²) in [7, 11) is 0. The Balaban J connectivity index is 3.83. The molecule has 0 amide bonds. The van der Waals surface area contributed by atoms with Gasteiger partial charge in [-0.3, -0.25) is 0 Å². The first kappa shape index (κ1) is 8.17. The predicted molar refractivity (Wildman–Crippen MR) is 43.9 cm³/mol. The van der Waals surface area contributed by atoms with E-state index in [1.54, 1.807) is 12.2 Å². The first-order valence-corrected chi connectivity index (χ1v) is 2.94. The van der Waals surface area contributed by atoms with Crippen LogP contribution in [-0.2, 0) is 0 Å². The van der Waals surface area contributed by atoms with Crippen molar-refractivity contribution >= 4 is 17.2 Å². The van der Waals surface area contributed by atoms with E-state index in [-0.39, 0.29) is 0 Å². The molecule has 0 saturated heterocycles. The fraction of sp³-hybridized carbons (Fsp3) is 0.167. The Morgan fingerprint density at radius 1 is 1.56 bits per heavy atom. The van der Waals surface area contributed by atoms with Crippen molar-refractivity contribution in [3.63, 3.8) is 0 Å². The van der Waals surface area contributed by atoms with Gasteiger partial charge in [-0.25, -0.2) is 0 Å². The highest BCUT2D eigenvalue weighted by atomic mass is 32.1. The fourth-order valence-corrected chi connectivity index (χ4v) is 0.560. The molecule has 2 nitrogen and oxygen atoms in total. The van der Waals surface area contributed by atoms with Crippen LogP contribution in [0.25, 0.3) is 0 Å². The van der Waals surface area contributed by atoms with Gasteiger partial charge < -0.3 is 11.5 Å². The summed E-state index contributed by atoms with van der Waals surface area (Å²) < 4.78 is 0. The zero-order chi connectivity index (χ0) is 7.28. The number of rotatable bonds is 3. The number of hydrogen-bond acceptors (Lipinski definition) is 2. The molecule has 0 aromatic heterocycles. The summed E-state index contributed by atoms with van der Waals surface area (Å²) in [5.74, 6) is 0. The highest BCUT2D eigenvalue weighted by Crippen LogP contribution is 1.91. The molecule has 0 radical (unpaired) electrons. The van der Waals surface area contributed by atoms with E-state index in [4.69, 9.17) is 11.5 Å². The molecule has 3 heteroatoms. The van der Waals surface area contributed by atoms with E-state index in [0.717, 1.165) is 0 Å². The van der Waals surface area contributed by atoms with Gasteiger partial charge >= 0.3 is 0 Å². The van der Waals surface area contributed by atoms with E-state index in [1.807, 2.05) is 0 Å². The summed E-state index contributed by atoms with van der Waals surface area (Å²) >= 11 is 4.57. The minimum absolute atomic E-state index is 0.314. The quantitative estimate of drug-likeness (QED) is 0.346. The smallest absolute Gasteiger partial charge is 0.0979 e. The molecule has 50 valence electrons. The Labute approximate surface area is 60.2 Å². The highest BCUT2D eigenvalue weighted by molar-refractivity contribution is 7.80. The summed E-state index contributed by atoms with van der Waals surface area (Å²) in [4.78, 5) is 0.314. The lowest BCUT2D eigenvalue weighted by molar-refractivity contribution is 1.18. The molecule has 0 aromatic rings. The Hall–Kier alpha value is -0.830. The maximum atomic E-state index is 5.41. The summed E-state index contributed by atoms with van der Waals surface area (Å²) in [5.41, 5.74) is 11.2. The van der Waals surface area contributed by atoms with Crippen LogP contribution in [0.2, 0.25) is 0 Å². The van der Waals surface area contributed by atoms with E-state index in [1.165, 1.54) is 0 Å². The van der Waals surface area contributed by atoms with Crippen molar-refractivity contribution in [2.45, 2.75) is 6.42 Å². The molecule has 9 heavy (non-hydrogen) atoms. The zero-order valence-electron chi connectivity index (χ0n) is 5.13. The maximum absolute atomic E-state index is 5.41. The number of hydrogen-bond donors (Lipinski definition) is 2. The molecule has 0 aromatic carbocycles. The molecule has 0 atom stereocenters. The van der Waals surface area contributed by atoms with Crippen LogP contribution in [0.5, 0.6) is 0 Å². The van der Waals surface area contributed by atoms with Crippen LogP contribution in [0.15, 0.2) is 24.4 Å². The molecule has 0 unspecified atom stereocenters. The molecule has 0 heterocycles. The molecule has 0 spiro atoms. The Bertz CT molecular complexity index is 149. The predicted octanol–water partition coefficient (Wildman–Crippen LogP) is 0.691. The Kier molecular flexibility index (Phi) is 3.71. The van der Waals surface area contributed by atoms with Crippen molar-refractivity contribution in [1.29, 1.82) is 0 Å². The van der Waals surface area contributed by atoms with E-state index < -0.39 is 0 Å². The lowest BCUT2D eigenvalue weighted by Gasteiger charge is -1.92. The van der Waals surface area contributed by atoms with Gasteiger partial charge in [0.05, 0.1) is 4.99 Å². The molecular weight excluding hydrogens is 132 g/mol. The summed E-state index contributed by atoms with van der Waals surface area (Å²) in [6.45, 7) is 3.50. The highest BCUT2D eigenvalue weighted by Gasteiger charge is 1.84. The third-order valence-electron chi connectivity index (χ3n) is 0.708. The molecule has 0 fully saturated rings. The van der Waals surface area contributed by atoms with Crippen molar-refractivity contribution in [3.8, 4) is 0 Å². The third-order valence-corrected chi connectivity index (χ3v) is 0.826. The van der Waals surface area contributed by atoms with Gasteiger partial charge in [-0.2, -0.15) is 0 Å². The van der Waals surface area contributed by atoms with Crippen LogP contribution in [0.4, 0.5) is 0 Å². The average Bonchev–Trinajstić information content (AvgIpc) is 1.63. The molecule has 0 aliphatic carbocycles. The first-order valence-electron chi connectivity index (χ1n) is 2.53. The Morgan fingerprint density at radius 2 is 2.11 bits per heavy atom. The molecule has 0 bridgehead atoms. The second-order valence-corrected chi connectivity index (χ2v) is 2.09. The molecule has 0 saturated carbocycles. The Morgan fingerprint density at radius 3 is 2.44 bits per heavy atom. The van der Waals surface area contributed by atoms with Crippen molar-refractivity contribution in [3.05, 3.63) is 24.4 Å². The van der Waals surface area contributed by atoms with Gasteiger partial charge in [0.15, 0.2) is 0 Å². The van der Waals surface area contributed by atoms with Gasteiger partial charge in [0.25, 0.3) is 0 Å².